The number of hydrogen-bond acceptors (Lipinski definition) is 6. The maximum Gasteiger partial charge on any atom is 0.336 e. The Morgan fingerprint density at radius 1 is 0.952 bits per heavy atom. The molecule has 10 heteroatoms. The number of nitrogens with one attached hydrogen (secondary N) is 2. The molecule has 10 nitrogen and oxygen atoms in total. The third-order valence-electron chi connectivity index (χ3n) is 7.35. The zero-order valence-corrected chi connectivity index (χ0v) is 24.5. The molecule has 220 valence electrons. The highest BCUT2D eigenvalue weighted by molar-refractivity contribution is 6.09. The molecule has 1 heterocycles. The first kappa shape index (κ1) is 30.3. The van der Waals surface area contributed by atoms with Gasteiger partial charge in [-0.25, -0.2) is 9.37 Å². The van der Waals surface area contributed by atoms with Crippen molar-refractivity contribution in [3.8, 4) is 22.5 Å². The zero-order chi connectivity index (χ0) is 30.6. The summed E-state index contributed by atoms with van der Waals surface area (Å²) in [5.74, 6) is -1.84. The lowest BCUT2D eigenvalue weighted by Gasteiger charge is -2.19. The molecule has 42 heavy (non-hydrogen) atoms. The second-order valence-corrected chi connectivity index (χ2v) is 10.6. The van der Waals surface area contributed by atoms with Crippen molar-refractivity contribution >= 4 is 34.5 Å². The number of carbonyl (C=O) groups is 3. The van der Waals surface area contributed by atoms with Crippen LogP contribution in [0, 0.1) is 0 Å². The van der Waals surface area contributed by atoms with Crippen molar-refractivity contribution in [1.82, 2.24) is 15.2 Å². The molecular formula is C32H37N4O6+. The SMILES string of the molecule is CNC(CCCCNC(=O)c1ccc(-c2c3ccc(=[N+](C)C)cc-3oc3cc(N(C)C)ccc23)c(C(=O)O)c1)C(=O)O. The molecule has 2 aromatic carbocycles. The standard InChI is InChI=1S/C32H36N4O6/c1-33-26(32(40)41)8-6-7-15-34-30(37)19-9-12-22(25(16-19)31(38)39)29-23-13-10-20(35(2)3)17-27(23)42-28-18-21(36(4)5)11-14-24(28)29/h9-14,16-18,26,33H,6-8,15H2,1-5H3,(H2-,34,37,38,39,40,41)/p+1. The molecule has 1 aliphatic carbocycles. The first-order valence-electron chi connectivity index (χ1n) is 13.8. The summed E-state index contributed by atoms with van der Waals surface area (Å²) < 4.78 is 8.32. The van der Waals surface area contributed by atoms with Crippen LogP contribution in [0.1, 0.15) is 40.0 Å². The predicted molar refractivity (Wildman–Crippen MR) is 163 cm³/mol. The lowest BCUT2D eigenvalue weighted by molar-refractivity contribution is -0.139. The van der Waals surface area contributed by atoms with Gasteiger partial charge in [-0.2, -0.15) is 0 Å². The third-order valence-corrected chi connectivity index (χ3v) is 7.35. The average molecular weight is 574 g/mol. The van der Waals surface area contributed by atoms with Crippen LogP contribution in [0.4, 0.5) is 5.69 Å². The molecular weight excluding hydrogens is 536 g/mol. The fourth-order valence-corrected chi connectivity index (χ4v) is 4.96. The van der Waals surface area contributed by atoms with Crippen molar-refractivity contribution in [3.05, 3.63) is 71.1 Å². The van der Waals surface area contributed by atoms with Gasteiger partial charge in [0, 0.05) is 60.5 Å². The summed E-state index contributed by atoms with van der Waals surface area (Å²) in [6, 6.07) is 15.7. The second-order valence-electron chi connectivity index (χ2n) is 10.6. The van der Waals surface area contributed by atoms with Gasteiger partial charge >= 0.3 is 11.9 Å². The van der Waals surface area contributed by atoms with Crippen LogP contribution in [-0.4, -0.2) is 75.9 Å². The smallest absolute Gasteiger partial charge is 0.336 e. The zero-order valence-electron chi connectivity index (χ0n) is 24.5. The van der Waals surface area contributed by atoms with Crippen LogP contribution in [0.2, 0.25) is 0 Å². The number of likely N-dealkylation sites (N-methyl/N-ethyl adjacent to an activating group) is 1. The first-order valence-corrected chi connectivity index (χ1v) is 13.8. The summed E-state index contributed by atoms with van der Waals surface area (Å²) in [6.45, 7) is 0.344. The van der Waals surface area contributed by atoms with E-state index in [2.05, 4.69) is 10.6 Å². The molecule has 0 aromatic heterocycles. The lowest BCUT2D eigenvalue weighted by Crippen LogP contribution is -2.33. The molecule has 0 spiro atoms. The Bertz CT molecular complexity index is 1690. The van der Waals surface area contributed by atoms with Crippen LogP contribution in [0.15, 0.2) is 59.0 Å². The van der Waals surface area contributed by atoms with Gasteiger partial charge < -0.3 is 30.2 Å². The average Bonchev–Trinajstić information content (AvgIpc) is 2.96. The number of aromatic carboxylic acids is 1. The van der Waals surface area contributed by atoms with E-state index in [0.717, 1.165) is 22.0 Å². The fraction of sp³-hybridized carbons (Fsp3) is 0.312. The summed E-state index contributed by atoms with van der Waals surface area (Å²) in [6.07, 6.45) is 1.65. The molecule has 2 aromatic rings. The van der Waals surface area contributed by atoms with E-state index >= 15 is 0 Å². The number of amides is 1. The number of anilines is 1. The van der Waals surface area contributed by atoms with Gasteiger partial charge in [0.1, 0.15) is 31.5 Å². The third kappa shape index (κ3) is 6.44. The largest absolute Gasteiger partial charge is 0.480 e. The fourth-order valence-electron chi connectivity index (χ4n) is 4.96. The number of hydrogen-bond donors (Lipinski definition) is 4. The highest BCUT2D eigenvalue weighted by Gasteiger charge is 2.23. The molecule has 1 amide bonds. The van der Waals surface area contributed by atoms with E-state index in [4.69, 9.17) is 9.52 Å². The monoisotopic (exact) mass is 573 g/mol. The summed E-state index contributed by atoms with van der Waals surface area (Å²) in [5, 5.41) is 26.7. The number of aliphatic carboxylic acids is 1. The number of carboxylic acids is 2. The Labute approximate surface area is 244 Å². The highest BCUT2D eigenvalue weighted by atomic mass is 16.4. The van der Waals surface area contributed by atoms with E-state index in [9.17, 15) is 19.5 Å². The van der Waals surface area contributed by atoms with E-state index in [1.807, 2.05) is 74.1 Å². The van der Waals surface area contributed by atoms with Crippen molar-refractivity contribution in [2.75, 3.05) is 46.7 Å². The van der Waals surface area contributed by atoms with Crippen LogP contribution in [0.3, 0.4) is 0 Å². The van der Waals surface area contributed by atoms with Crippen LogP contribution in [-0.2, 0) is 4.79 Å². The van der Waals surface area contributed by atoms with Crippen molar-refractivity contribution in [3.63, 3.8) is 0 Å². The van der Waals surface area contributed by atoms with Crippen LogP contribution < -0.4 is 25.5 Å². The number of fused-ring (bicyclic) bond motifs is 2. The molecule has 1 atom stereocenters. The maximum absolute atomic E-state index is 12.9. The summed E-state index contributed by atoms with van der Waals surface area (Å²) in [7, 11) is 9.36. The molecule has 1 aliphatic heterocycles. The van der Waals surface area contributed by atoms with Crippen molar-refractivity contribution in [1.29, 1.82) is 0 Å². The quantitative estimate of drug-likeness (QED) is 0.122. The predicted octanol–water partition coefficient (Wildman–Crippen LogP) is 3.57. The Kier molecular flexibility index (Phi) is 9.27. The number of benzene rings is 3. The van der Waals surface area contributed by atoms with Gasteiger partial charge in [-0.1, -0.05) is 6.07 Å². The first-order chi connectivity index (χ1) is 20.0. The number of nitrogens with zero attached hydrogens (tertiary/aromatic N) is 2. The van der Waals surface area contributed by atoms with Gasteiger partial charge in [0.25, 0.3) is 5.91 Å². The molecule has 4 N–H and O–H groups in total. The van der Waals surface area contributed by atoms with Gasteiger partial charge in [0.05, 0.1) is 11.6 Å². The molecule has 0 bridgehead atoms. The lowest BCUT2D eigenvalue weighted by atomic mass is 9.89. The van der Waals surface area contributed by atoms with Crippen molar-refractivity contribution in [2.24, 2.45) is 0 Å². The second kappa shape index (κ2) is 12.9. The summed E-state index contributed by atoms with van der Waals surface area (Å²) in [5.41, 5.74) is 3.73. The Morgan fingerprint density at radius 2 is 1.69 bits per heavy atom. The molecule has 4 rings (SSSR count). The minimum Gasteiger partial charge on any atom is -0.480 e. The number of unbranched alkanes of at least 4 members (excludes halogenated alkanes) is 1. The highest BCUT2D eigenvalue weighted by Crippen LogP contribution is 2.42. The molecule has 1 unspecified atom stereocenters. The van der Waals surface area contributed by atoms with Crippen LogP contribution >= 0.6 is 0 Å². The van der Waals surface area contributed by atoms with Crippen molar-refractivity contribution in [2.45, 2.75) is 25.3 Å². The Balaban J connectivity index is 1.73. The van der Waals surface area contributed by atoms with E-state index in [-0.39, 0.29) is 11.1 Å². The summed E-state index contributed by atoms with van der Waals surface area (Å²) >= 11 is 0. The minimum atomic E-state index is -1.15. The van der Waals surface area contributed by atoms with Crippen LogP contribution in [0.25, 0.3) is 33.4 Å². The van der Waals surface area contributed by atoms with Crippen molar-refractivity contribution < 1.29 is 29.0 Å². The Hall–Kier alpha value is -4.70. The van der Waals surface area contributed by atoms with Gasteiger partial charge in [-0.05, 0) is 62.2 Å². The topological polar surface area (TPSA) is 135 Å². The van der Waals surface area contributed by atoms with E-state index in [1.54, 1.807) is 19.2 Å². The maximum atomic E-state index is 12.9. The number of carbonyl (C=O) groups excluding carboxylic acids is 1. The van der Waals surface area contributed by atoms with Gasteiger partial charge in [-0.15, -0.1) is 0 Å². The number of carboxylic acid groups (broad SMARTS) is 2. The number of rotatable bonds is 11. The van der Waals surface area contributed by atoms with E-state index < -0.39 is 23.9 Å². The van der Waals surface area contributed by atoms with E-state index in [1.165, 1.54) is 6.07 Å². The van der Waals surface area contributed by atoms with Crippen LogP contribution in [0.5, 0.6) is 0 Å². The Morgan fingerprint density at radius 3 is 2.33 bits per heavy atom. The van der Waals surface area contributed by atoms with Gasteiger partial charge in [0.15, 0.2) is 0 Å². The molecule has 2 aliphatic rings. The molecule has 0 saturated carbocycles. The molecule has 0 saturated heterocycles. The molecule has 0 fully saturated rings. The minimum absolute atomic E-state index is 0.00291. The summed E-state index contributed by atoms with van der Waals surface area (Å²) in [4.78, 5) is 38.6. The van der Waals surface area contributed by atoms with Gasteiger partial charge in [0.2, 0.25) is 5.36 Å². The normalized spacial score (nSPS) is 11.8. The van der Waals surface area contributed by atoms with Gasteiger partial charge in [-0.3, -0.25) is 9.59 Å². The van der Waals surface area contributed by atoms with E-state index in [0.29, 0.717) is 48.3 Å². The molecule has 0 radical (unpaired) electrons.